The summed E-state index contributed by atoms with van der Waals surface area (Å²) in [6.45, 7) is 0. The summed E-state index contributed by atoms with van der Waals surface area (Å²) in [6.07, 6.45) is 16.4. The van der Waals surface area contributed by atoms with Gasteiger partial charge in [-0.25, -0.2) is 9.50 Å². The monoisotopic (exact) mass is 441 g/mol. The molecule has 9 heteroatoms. The zero-order chi connectivity index (χ0) is 22.6. The third-order valence-electron chi connectivity index (χ3n) is 7.61. The van der Waals surface area contributed by atoms with Crippen LogP contribution in [0.4, 0.5) is 0 Å². The molecule has 2 aliphatic carbocycles. The van der Waals surface area contributed by atoms with E-state index >= 15 is 0 Å². The number of nitrogens with two attached hydrogens (primary N) is 1. The summed E-state index contributed by atoms with van der Waals surface area (Å²) < 4.78 is 5.61. The zero-order valence-corrected chi connectivity index (χ0v) is 18.7. The Morgan fingerprint density at radius 3 is 2.70 bits per heavy atom. The van der Waals surface area contributed by atoms with Crippen molar-refractivity contribution in [1.82, 2.24) is 34.2 Å². The molecule has 33 heavy (non-hydrogen) atoms. The van der Waals surface area contributed by atoms with Gasteiger partial charge in [0.25, 0.3) is 0 Å². The van der Waals surface area contributed by atoms with Crippen LogP contribution < -0.4 is 5.73 Å². The number of fused-ring (bicyclic) bond motifs is 1. The van der Waals surface area contributed by atoms with Gasteiger partial charge in [0.15, 0.2) is 0 Å². The van der Waals surface area contributed by atoms with E-state index in [1.807, 2.05) is 47.0 Å². The first-order valence-corrected chi connectivity index (χ1v) is 11.5. The van der Waals surface area contributed by atoms with Gasteiger partial charge >= 0.3 is 0 Å². The molecule has 0 aliphatic heterocycles. The van der Waals surface area contributed by atoms with Crippen molar-refractivity contribution in [3.8, 4) is 28.7 Å². The first-order valence-electron chi connectivity index (χ1n) is 11.5. The van der Waals surface area contributed by atoms with Gasteiger partial charge in [-0.15, -0.1) is 0 Å². The van der Waals surface area contributed by atoms with Gasteiger partial charge in [0.2, 0.25) is 0 Å². The van der Waals surface area contributed by atoms with Crippen molar-refractivity contribution in [1.29, 1.82) is 5.26 Å². The Labute approximate surface area is 191 Å². The van der Waals surface area contributed by atoms with E-state index in [1.54, 1.807) is 10.9 Å². The second kappa shape index (κ2) is 7.25. The molecule has 0 aromatic carbocycles. The van der Waals surface area contributed by atoms with Crippen molar-refractivity contribution >= 4 is 5.52 Å². The highest BCUT2D eigenvalue weighted by Crippen LogP contribution is 2.61. The Morgan fingerprint density at radius 1 is 1.15 bits per heavy atom. The van der Waals surface area contributed by atoms with E-state index in [-0.39, 0.29) is 5.54 Å². The van der Waals surface area contributed by atoms with Gasteiger partial charge in [-0.2, -0.15) is 20.6 Å². The molecule has 0 radical (unpaired) electrons. The molecule has 4 aromatic heterocycles. The lowest BCUT2D eigenvalue weighted by atomic mass is 9.51. The average molecular weight is 442 g/mol. The molecule has 0 amide bonds. The maximum Gasteiger partial charge on any atom is 0.112 e. The largest absolute Gasteiger partial charge is 0.328 e. The molecule has 2 saturated carbocycles. The third-order valence-corrected chi connectivity index (χ3v) is 7.61. The quantitative estimate of drug-likeness (QED) is 0.520. The molecular weight excluding hydrogens is 414 g/mol. The summed E-state index contributed by atoms with van der Waals surface area (Å²) in [7, 11) is 1.89. The second-order valence-electron chi connectivity index (χ2n) is 9.93. The van der Waals surface area contributed by atoms with Crippen LogP contribution in [0.15, 0.2) is 43.1 Å². The number of nitriles is 1. The summed E-state index contributed by atoms with van der Waals surface area (Å²) in [5.41, 5.74) is 10.4. The van der Waals surface area contributed by atoms with Gasteiger partial charge in [0, 0.05) is 31.0 Å². The Morgan fingerprint density at radius 2 is 1.97 bits per heavy atom. The van der Waals surface area contributed by atoms with Crippen LogP contribution in [0.5, 0.6) is 0 Å². The van der Waals surface area contributed by atoms with Gasteiger partial charge in [-0.05, 0) is 56.1 Å². The van der Waals surface area contributed by atoms with E-state index in [0.717, 1.165) is 66.7 Å². The van der Waals surface area contributed by atoms with Crippen molar-refractivity contribution < 1.29 is 0 Å². The molecule has 0 unspecified atom stereocenters. The third kappa shape index (κ3) is 3.25. The van der Waals surface area contributed by atoms with E-state index in [2.05, 4.69) is 22.5 Å². The molecule has 2 aliphatic rings. The number of aryl methyl sites for hydroxylation is 1. The van der Waals surface area contributed by atoms with Gasteiger partial charge in [-0.1, -0.05) is 0 Å². The maximum absolute atomic E-state index is 9.61. The minimum atomic E-state index is -0.246. The Bertz CT molecular complexity index is 1350. The first kappa shape index (κ1) is 20.1. The highest BCUT2D eigenvalue weighted by Gasteiger charge is 2.56. The van der Waals surface area contributed by atoms with Crippen LogP contribution in [0.3, 0.4) is 0 Å². The second-order valence-corrected chi connectivity index (χ2v) is 9.93. The van der Waals surface area contributed by atoms with Crippen molar-refractivity contribution in [2.75, 3.05) is 0 Å². The van der Waals surface area contributed by atoms with E-state index in [1.165, 1.54) is 0 Å². The number of nitrogens with zero attached hydrogens (tertiary/aromatic N) is 8. The fraction of sp³-hybridized carbons (Fsp3) is 0.458. The number of aromatic nitrogens is 7. The summed E-state index contributed by atoms with van der Waals surface area (Å²) in [4.78, 5) is 4.93. The van der Waals surface area contributed by atoms with Crippen molar-refractivity contribution in [3.63, 3.8) is 0 Å². The minimum absolute atomic E-state index is 0.246. The number of hydrogen-bond donors (Lipinski definition) is 1. The molecule has 0 bridgehead atoms. The number of rotatable bonds is 4. The van der Waals surface area contributed by atoms with E-state index in [4.69, 9.17) is 15.8 Å². The smallest absolute Gasteiger partial charge is 0.112 e. The first-order chi connectivity index (χ1) is 16.0. The molecule has 4 heterocycles. The summed E-state index contributed by atoms with van der Waals surface area (Å²) in [5, 5.41) is 23.3. The molecule has 6 rings (SSSR count). The highest BCUT2D eigenvalue weighted by atomic mass is 15.3. The van der Waals surface area contributed by atoms with Crippen molar-refractivity contribution in [2.45, 2.75) is 56.5 Å². The predicted octanol–water partition coefficient (Wildman–Crippen LogP) is 3.28. The lowest BCUT2D eigenvalue weighted by Crippen LogP contribution is -2.55. The fourth-order valence-corrected chi connectivity index (χ4v) is 5.98. The molecular formula is C24H27N9. The van der Waals surface area contributed by atoms with Crippen molar-refractivity contribution in [2.24, 2.45) is 18.2 Å². The summed E-state index contributed by atoms with van der Waals surface area (Å²) in [5.74, 6) is 0. The molecule has 2 fully saturated rings. The lowest BCUT2D eigenvalue weighted by Gasteiger charge is -2.58. The molecule has 2 N–H and O–H groups in total. The highest BCUT2D eigenvalue weighted by molar-refractivity contribution is 5.77. The van der Waals surface area contributed by atoms with Gasteiger partial charge in [-0.3, -0.25) is 9.36 Å². The average Bonchev–Trinajstić information content (AvgIpc) is 3.54. The Hall–Kier alpha value is -3.51. The molecule has 4 aromatic rings. The van der Waals surface area contributed by atoms with Crippen LogP contribution in [0.2, 0.25) is 0 Å². The minimum Gasteiger partial charge on any atom is -0.328 e. The van der Waals surface area contributed by atoms with Crippen LogP contribution in [0.25, 0.3) is 28.2 Å². The Balaban J connectivity index is 1.36. The predicted molar refractivity (Wildman–Crippen MR) is 123 cm³/mol. The van der Waals surface area contributed by atoms with Gasteiger partial charge < -0.3 is 5.73 Å². The van der Waals surface area contributed by atoms with E-state index in [0.29, 0.717) is 17.9 Å². The fourth-order valence-electron chi connectivity index (χ4n) is 5.98. The molecule has 168 valence electrons. The molecule has 9 nitrogen and oxygen atoms in total. The van der Waals surface area contributed by atoms with Crippen LogP contribution >= 0.6 is 0 Å². The van der Waals surface area contributed by atoms with E-state index < -0.39 is 0 Å². The van der Waals surface area contributed by atoms with Crippen LogP contribution in [-0.2, 0) is 12.6 Å². The van der Waals surface area contributed by atoms with Gasteiger partial charge in [0.05, 0.1) is 47.8 Å². The van der Waals surface area contributed by atoms with E-state index in [9.17, 15) is 5.26 Å². The Kier molecular flexibility index (Phi) is 4.42. The van der Waals surface area contributed by atoms with Crippen LogP contribution in [-0.4, -0.2) is 40.2 Å². The standard InChI is InChI=1S/C24H27N9/c1-31-11-5-19(30-31)20-14-32-21(4-10-27-32)22(29-20)17-12-28-33(13-17)24(8-9-25)15-23(16-24)6-2-18(26)3-7-23/h4-5,10-14,18H,2-3,6-8,15-16,26H2,1H3. The van der Waals surface area contributed by atoms with Crippen LogP contribution in [0.1, 0.15) is 44.9 Å². The molecule has 0 saturated heterocycles. The number of hydrogen-bond acceptors (Lipinski definition) is 6. The molecule has 0 atom stereocenters. The van der Waals surface area contributed by atoms with Gasteiger partial charge in [0.1, 0.15) is 11.4 Å². The molecule has 1 spiro atoms. The zero-order valence-electron chi connectivity index (χ0n) is 18.7. The van der Waals surface area contributed by atoms with Crippen LogP contribution in [0, 0.1) is 16.7 Å². The maximum atomic E-state index is 9.61. The SMILES string of the molecule is Cn1ccc(-c2cn3nccc3c(-c3cnn(C4(CC#N)CC5(CCC(N)CC5)C4)c3)n2)n1. The normalized spacial score (nSPS) is 27.0. The summed E-state index contributed by atoms with van der Waals surface area (Å²) in [6, 6.07) is 6.64. The van der Waals surface area contributed by atoms with Crippen molar-refractivity contribution in [3.05, 3.63) is 43.1 Å². The topological polar surface area (TPSA) is 116 Å². The lowest BCUT2D eigenvalue weighted by molar-refractivity contribution is -0.0625. The summed E-state index contributed by atoms with van der Waals surface area (Å²) >= 11 is 0.